The molecule has 0 aliphatic rings. The number of methoxy groups -OCH3 is 1. The van der Waals surface area contributed by atoms with Gasteiger partial charge in [0.15, 0.2) is 11.6 Å². The van der Waals surface area contributed by atoms with Gasteiger partial charge >= 0.3 is 5.97 Å². The van der Waals surface area contributed by atoms with Crippen LogP contribution in [0.25, 0.3) is 0 Å². The zero-order valence-electron chi connectivity index (χ0n) is 18.8. The molecule has 178 valence electrons. The van der Waals surface area contributed by atoms with Gasteiger partial charge in [0.05, 0.1) is 18.6 Å². The van der Waals surface area contributed by atoms with Gasteiger partial charge in [0.25, 0.3) is 5.91 Å². The Kier molecular flexibility index (Phi) is 8.19. The van der Waals surface area contributed by atoms with Crippen molar-refractivity contribution in [3.8, 4) is 17.2 Å². The van der Waals surface area contributed by atoms with Crippen LogP contribution in [-0.4, -0.2) is 24.1 Å². The Labute approximate surface area is 196 Å². The zero-order valence-corrected chi connectivity index (χ0v) is 18.8. The highest BCUT2D eigenvalue weighted by Gasteiger charge is 2.18. The lowest BCUT2D eigenvalue weighted by atomic mass is 9.95. The second-order valence-corrected chi connectivity index (χ2v) is 7.69. The van der Waals surface area contributed by atoms with Crippen molar-refractivity contribution in [2.75, 3.05) is 7.11 Å². The first-order chi connectivity index (χ1) is 16.3. The quantitative estimate of drug-likeness (QED) is 0.418. The molecule has 0 fully saturated rings. The van der Waals surface area contributed by atoms with Gasteiger partial charge in [-0.2, -0.15) is 0 Å². The van der Waals surface area contributed by atoms with Gasteiger partial charge in [-0.05, 0) is 60.4 Å². The van der Waals surface area contributed by atoms with Crippen molar-refractivity contribution < 1.29 is 33.0 Å². The number of rotatable bonds is 10. The molecule has 0 saturated heterocycles. The molecule has 0 saturated carbocycles. The first-order valence-corrected chi connectivity index (χ1v) is 10.7. The van der Waals surface area contributed by atoms with Gasteiger partial charge < -0.3 is 19.9 Å². The van der Waals surface area contributed by atoms with Crippen molar-refractivity contribution in [2.45, 2.75) is 26.3 Å². The number of hydrogen-bond donors (Lipinski definition) is 2. The van der Waals surface area contributed by atoms with E-state index in [9.17, 15) is 23.5 Å². The van der Waals surface area contributed by atoms with E-state index < -0.39 is 23.5 Å². The second-order valence-electron chi connectivity index (χ2n) is 7.69. The standard InChI is InChI=1S/C26H25F2NO5/c1-3-18(26(31)32)12-17-6-11-24(33-2)21(13-17)25(30)29-15-16-4-7-19(8-5-16)34-20-9-10-22(27)23(28)14-20/h4-11,13-14,18H,3,12,15H2,1-2H3,(H,29,30)(H,31,32)/t18-/m1/s1. The third-order valence-electron chi connectivity index (χ3n) is 5.34. The molecular formula is C26H25F2NO5. The number of hydrogen-bond acceptors (Lipinski definition) is 4. The minimum atomic E-state index is -0.996. The SMILES string of the molecule is CC[C@H](Cc1ccc(OC)c(C(=O)NCc2ccc(Oc3ccc(F)c(F)c3)cc2)c1)C(=O)O. The molecule has 0 radical (unpaired) electrons. The summed E-state index contributed by atoms with van der Waals surface area (Å²) in [6.45, 7) is 2.04. The Balaban J connectivity index is 1.64. The highest BCUT2D eigenvalue weighted by Crippen LogP contribution is 2.25. The molecule has 0 unspecified atom stereocenters. The fourth-order valence-corrected chi connectivity index (χ4v) is 3.38. The summed E-state index contributed by atoms with van der Waals surface area (Å²) >= 11 is 0. The Morgan fingerprint density at radius 1 is 0.941 bits per heavy atom. The monoisotopic (exact) mass is 469 g/mol. The molecule has 3 rings (SSSR count). The number of amides is 1. The maximum Gasteiger partial charge on any atom is 0.306 e. The van der Waals surface area contributed by atoms with E-state index in [0.717, 1.165) is 23.3 Å². The first-order valence-electron chi connectivity index (χ1n) is 10.7. The molecule has 34 heavy (non-hydrogen) atoms. The van der Waals surface area contributed by atoms with Crippen LogP contribution in [-0.2, 0) is 17.8 Å². The lowest BCUT2D eigenvalue weighted by Crippen LogP contribution is -2.24. The molecule has 6 nitrogen and oxygen atoms in total. The number of nitrogens with one attached hydrogen (secondary N) is 1. The second kappa shape index (κ2) is 11.3. The van der Waals surface area contributed by atoms with Gasteiger partial charge in [0.1, 0.15) is 17.2 Å². The van der Waals surface area contributed by atoms with Crippen LogP contribution in [0.5, 0.6) is 17.2 Å². The number of carbonyl (C=O) groups excluding carboxylic acids is 1. The van der Waals surface area contributed by atoms with Crippen molar-refractivity contribution in [3.05, 3.63) is 89.0 Å². The van der Waals surface area contributed by atoms with Crippen LogP contribution in [0.1, 0.15) is 34.8 Å². The summed E-state index contributed by atoms with van der Waals surface area (Å²) in [5.74, 6) is -2.72. The smallest absolute Gasteiger partial charge is 0.306 e. The third kappa shape index (κ3) is 6.31. The summed E-state index contributed by atoms with van der Waals surface area (Å²) in [6, 6.07) is 15.1. The minimum Gasteiger partial charge on any atom is -0.496 e. The van der Waals surface area contributed by atoms with E-state index in [1.165, 1.54) is 13.2 Å². The Morgan fingerprint density at radius 2 is 1.62 bits per heavy atom. The maximum atomic E-state index is 13.3. The molecule has 0 bridgehead atoms. The minimum absolute atomic E-state index is 0.167. The molecule has 0 aromatic heterocycles. The number of benzene rings is 3. The molecule has 0 aliphatic carbocycles. The van der Waals surface area contributed by atoms with Gasteiger partial charge in [-0.15, -0.1) is 0 Å². The van der Waals surface area contributed by atoms with Gasteiger partial charge in [-0.1, -0.05) is 25.1 Å². The molecule has 0 aliphatic heterocycles. The van der Waals surface area contributed by atoms with Crippen LogP contribution >= 0.6 is 0 Å². The molecule has 1 amide bonds. The normalized spacial score (nSPS) is 11.5. The van der Waals surface area contributed by atoms with Gasteiger partial charge in [0, 0.05) is 12.6 Å². The Morgan fingerprint density at radius 3 is 2.24 bits per heavy atom. The number of ether oxygens (including phenoxy) is 2. The Bertz CT molecular complexity index is 1160. The van der Waals surface area contributed by atoms with E-state index in [2.05, 4.69) is 5.32 Å². The largest absolute Gasteiger partial charge is 0.496 e. The summed E-state index contributed by atoms with van der Waals surface area (Å²) in [5.41, 5.74) is 1.84. The summed E-state index contributed by atoms with van der Waals surface area (Å²) in [5, 5.41) is 12.1. The van der Waals surface area contributed by atoms with Crippen molar-refractivity contribution in [2.24, 2.45) is 5.92 Å². The van der Waals surface area contributed by atoms with Crippen LogP contribution in [0.4, 0.5) is 8.78 Å². The summed E-state index contributed by atoms with van der Waals surface area (Å²) in [4.78, 5) is 24.2. The van der Waals surface area contributed by atoms with E-state index in [1.807, 2.05) is 6.92 Å². The predicted molar refractivity (Wildman–Crippen MR) is 122 cm³/mol. The molecule has 0 spiro atoms. The van der Waals surface area contributed by atoms with Crippen molar-refractivity contribution >= 4 is 11.9 Å². The highest BCUT2D eigenvalue weighted by molar-refractivity contribution is 5.97. The van der Waals surface area contributed by atoms with E-state index in [0.29, 0.717) is 29.9 Å². The van der Waals surface area contributed by atoms with E-state index >= 15 is 0 Å². The molecule has 1 atom stereocenters. The Hall–Kier alpha value is -3.94. The van der Waals surface area contributed by atoms with E-state index in [1.54, 1.807) is 42.5 Å². The van der Waals surface area contributed by atoms with Crippen molar-refractivity contribution in [1.82, 2.24) is 5.32 Å². The number of carboxylic acids is 1. The predicted octanol–water partition coefficient (Wildman–Crippen LogP) is 5.35. The third-order valence-corrected chi connectivity index (χ3v) is 5.34. The molecular weight excluding hydrogens is 444 g/mol. The number of halogens is 2. The van der Waals surface area contributed by atoms with Gasteiger partial charge in [-0.3, -0.25) is 9.59 Å². The van der Waals surface area contributed by atoms with Crippen LogP contribution < -0.4 is 14.8 Å². The van der Waals surface area contributed by atoms with Gasteiger partial charge in [0.2, 0.25) is 0 Å². The maximum absolute atomic E-state index is 13.3. The number of carboxylic acid groups (broad SMARTS) is 1. The lowest BCUT2D eigenvalue weighted by molar-refractivity contribution is -0.141. The highest BCUT2D eigenvalue weighted by atomic mass is 19.2. The summed E-state index contributed by atoms with van der Waals surface area (Å²) in [6.07, 6.45) is 0.800. The van der Waals surface area contributed by atoms with Gasteiger partial charge in [-0.25, -0.2) is 8.78 Å². The molecule has 2 N–H and O–H groups in total. The van der Waals surface area contributed by atoms with E-state index in [4.69, 9.17) is 9.47 Å². The average molecular weight is 469 g/mol. The summed E-state index contributed by atoms with van der Waals surface area (Å²) < 4.78 is 37.2. The van der Waals surface area contributed by atoms with E-state index in [-0.39, 0.29) is 18.2 Å². The van der Waals surface area contributed by atoms with Crippen LogP contribution in [0, 0.1) is 17.6 Å². The molecule has 0 heterocycles. The fraction of sp³-hybridized carbons (Fsp3) is 0.231. The molecule has 3 aromatic carbocycles. The average Bonchev–Trinajstić information content (AvgIpc) is 2.83. The van der Waals surface area contributed by atoms with Crippen LogP contribution in [0.3, 0.4) is 0 Å². The van der Waals surface area contributed by atoms with Crippen molar-refractivity contribution in [1.29, 1.82) is 0 Å². The van der Waals surface area contributed by atoms with Crippen LogP contribution in [0.15, 0.2) is 60.7 Å². The molecule has 3 aromatic rings. The zero-order chi connectivity index (χ0) is 24.7. The van der Waals surface area contributed by atoms with Crippen molar-refractivity contribution in [3.63, 3.8) is 0 Å². The first kappa shape index (κ1) is 24.7. The summed E-state index contributed by atoms with van der Waals surface area (Å²) in [7, 11) is 1.46. The topological polar surface area (TPSA) is 84.9 Å². The number of carbonyl (C=O) groups is 2. The lowest BCUT2D eigenvalue weighted by Gasteiger charge is -2.14. The number of aliphatic carboxylic acids is 1. The fourth-order valence-electron chi connectivity index (χ4n) is 3.38. The molecule has 8 heteroatoms. The van der Waals surface area contributed by atoms with Crippen LogP contribution in [0.2, 0.25) is 0 Å².